The van der Waals surface area contributed by atoms with E-state index in [4.69, 9.17) is 0 Å². The highest BCUT2D eigenvalue weighted by molar-refractivity contribution is 5.94. The Bertz CT molecular complexity index is 877. The molecule has 3 aromatic rings. The highest BCUT2D eigenvalue weighted by Crippen LogP contribution is 2.22. The van der Waals surface area contributed by atoms with Crippen LogP contribution in [0.2, 0.25) is 0 Å². The number of rotatable bonds is 4. The number of amides is 1. The molecule has 0 bridgehead atoms. The fraction of sp³-hybridized carbons (Fsp3) is 0.100. The molecule has 24 heavy (non-hydrogen) atoms. The summed E-state index contributed by atoms with van der Waals surface area (Å²) >= 11 is 0. The van der Waals surface area contributed by atoms with E-state index in [1.165, 1.54) is 18.2 Å². The summed E-state index contributed by atoms with van der Waals surface area (Å²) in [6, 6.07) is 17.5. The van der Waals surface area contributed by atoms with E-state index >= 15 is 0 Å². The standard InChI is InChI=1S/C20H17FN2O/c1-14-5-2-6-15(11-14)19-17(8-4-10-22-19)13-23-20(24)16-7-3-9-18(21)12-16/h2-12H,13H2,1H3,(H,23,24). The van der Waals surface area contributed by atoms with E-state index < -0.39 is 5.82 Å². The van der Waals surface area contributed by atoms with Crippen molar-refractivity contribution in [1.29, 1.82) is 0 Å². The van der Waals surface area contributed by atoms with Crippen LogP contribution in [0.5, 0.6) is 0 Å². The Morgan fingerprint density at radius 3 is 2.71 bits per heavy atom. The Labute approximate surface area is 140 Å². The Morgan fingerprint density at radius 1 is 1.08 bits per heavy atom. The molecule has 0 saturated heterocycles. The minimum absolute atomic E-state index is 0.302. The lowest BCUT2D eigenvalue weighted by atomic mass is 10.0. The summed E-state index contributed by atoms with van der Waals surface area (Å²) in [5.41, 5.74) is 4.20. The van der Waals surface area contributed by atoms with Gasteiger partial charge >= 0.3 is 0 Å². The van der Waals surface area contributed by atoms with Gasteiger partial charge in [-0.15, -0.1) is 0 Å². The molecule has 0 spiro atoms. The van der Waals surface area contributed by atoms with Crippen LogP contribution in [-0.4, -0.2) is 10.9 Å². The lowest BCUT2D eigenvalue weighted by Crippen LogP contribution is -2.23. The molecular weight excluding hydrogens is 303 g/mol. The molecule has 0 saturated carbocycles. The third-order valence-electron chi connectivity index (χ3n) is 3.71. The second-order valence-corrected chi connectivity index (χ2v) is 5.57. The number of benzene rings is 2. The van der Waals surface area contributed by atoms with Gasteiger partial charge in [0.25, 0.3) is 5.91 Å². The fourth-order valence-corrected chi connectivity index (χ4v) is 2.54. The zero-order chi connectivity index (χ0) is 16.9. The number of aromatic nitrogens is 1. The number of halogens is 1. The van der Waals surface area contributed by atoms with Crippen molar-refractivity contribution in [3.8, 4) is 11.3 Å². The van der Waals surface area contributed by atoms with Crippen LogP contribution in [0.1, 0.15) is 21.5 Å². The first kappa shape index (κ1) is 15.9. The van der Waals surface area contributed by atoms with E-state index in [9.17, 15) is 9.18 Å². The molecule has 3 rings (SSSR count). The highest BCUT2D eigenvalue weighted by Gasteiger charge is 2.10. The van der Waals surface area contributed by atoms with E-state index in [0.29, 0.717) is 12.1 Å². The third kappa shape index (κ3) is 3.66. The van der Waals surface area contributed by atoms with Gasteiger partial charge < -0.3 is 5.32 Å². The maximum absolute atomic E-state index is 13.2. The molecule has 4 heteroatoms. The minimum atomic E-state index is -0.426. The Balaban J connectivity index is 1.80. The molecule has 1 amide bonds. The second-order valence-electron chi connectivity index (χ2n) is 5.57. The monoisotopic (exact) mass is 320 g/mol. The van der Waals surface area contributed by atoms with Crippen molar-refractivity contribution in [2.75, 3.05) is 0 Å². The quantitative estimate of drug-likeness (QED) is 0.785. The summed E-state index contributed by atoms with van der Waals surface area (Å²) < 4.78 is 13.2. The number of carbonyl (C=O) groups excluding carboxylic acids is 1. The first-order valence-electron chi connectivity index (χ1n) is 7.68. The summed E-state index contributed by atoms with van der Waals surface area (Å²) in [4.78, 5) is 16.6. The highest BCUT2D eigenvalue weighted by atomic mass is 19.1. The molecule has 0 atom stereocenters. The number of aryl methyl sites for hydroxylation is 1. The van der Waals surface area contributed by atoms with Gasteiger partial charge in [-0.1, -0.05) is 35.9 Å². The molecule has 0 aliphatic rings. The van der Waals surface area contributed by atoms with Crippen LogP contribution in [0.3, 0.4) is 0 Å². The molecule has 1 N–H and O–H groups in total. The van der Waals surface area contributed by atoms with Gasteiger partial charge in [0, 0.05) is 23.9 Å². The van der Waals surface area contributed by atoms with Crippen molar-refractivity contribution >= 4 is 5.91 Å². The smallest absolute Gasteiger partial charge is 0.251 e. The zero-order valence-corrected chi connectivity index (χ0v) is 13.3. The van der Waals surface area contributed by atoms with Crippen LogP contribution in [0.25, 0.3) is 11.3 Å². The van der Waals surface area contributed by atoms with Gasteiger partial charge in [0.15, 0.2) is 0 Å². The van der Waals surface area contributed by atoms with Crippen LogP contribution in [0, 0.1) is 12.7 Å². The van der Waals surface area contributed by atoms with Crippen molar-refractivity contribution in [1.82, 2.24) is 10.3 Å². The Morgan fingerprint density at radius 2 is 1.92 bits per heavy atom. The van der Waals surface area contributed by atoms with Crippen LogP contribution in [-0.2, 0) is 6.54 Å². The SMILES string of the molecule is Cc1cccc(-c2ncccc2CNC(=O)c2cccc(F)c2)c1. The van der Waals surface area contributed by atoms with Crippen molar-refractivity contribution in [3.63, 3.8) is 0 Å². The van der Waals surface area contributed by atoms with Gasteiger partial charge in [-0.05, 0) is 42.8 Å². The van der Waals surface area contributed by atoms with Crippen molar-refractivity contribution in [2.24, 2.45) is 0 Å². The van der Waals surface area contributed by atoms with Crippen molar-refractivity contribution in [2.45, 2.75) is 13.5 Å². The van der Waals surface area contributed by atoms with E-state index in [1.54, 1.807) is 12.3 Å². The Hall–Kier alpha value is -3.01. The molecular formula is C20H17FN2O. The average molecular weight is 320 g/mol. The second kappa shape index (κ2) is 7.04. The average Bonchev–Trinajstić information content (AvgIpc) is 2.60. The Kier molecular flexibility index (Phi) is 4.66. The minimum Gasteiger partial charge on any atom is -0.348 e. The molecule has 0 aliphatic heterocycles. The third-order valence-corrected chi connectivity index (χ3v) is 3.71. The molecule has 0 unspecified atom stereocenters. The number of hydrogen-bond acceptors (Lipinski definition) is 2. The van der Waals surface area contributed by atoms with Crippen LogP contribution in [0.4, 0.5) is 4.39 Å². The van der Waals surface area contributed by atoms with Gasteiger partial charge in [0.05, 0.1) is 5.69 Å². The summed E-state index contributed by atoms with van der Waals surface area (Å²) in [5, 5.41) is 2.82. The predicted octanol–water partition coefficient (Wildman–Crippen LogP) is 4.13. The number of carbonyl (C=O) groups is 1. The molecule has 0 radical (unpaired) electrons. The summed E-state index contributed by atoms with van der Waals surface area (Å²) in [6.45, 7) is 2.35. The number of pyridine rings is 1. The topological polar surface area (TPSA) is 42.0 Å². The summed E-state index contributed by atoms with van der Waals surface area (Å²) in [7, 11) is 0. The van der Waals surface area contributed by atoms with Gasteiger partial charge in [-0.25, -0.2) is 4.39 Å². The largest absolute Gasteiger partial charge is 0.348 e. The lowest BCUT2D eigenvalue weighted by molar-refractivity contribution is 0.0950. The summed E-state index contributed by atoms with van der Waals surface area (Å²) in [5.74, 6) is -0.738. The van der Waals surface area contributed by atoms with E-state index in [1.807, 2.05) is 37.3 Å². The molecule has 120 valence electrons. The van der Waals surface area contributed by atoms with Gasteiger partial charge in [-0.3, -0.25) is 9.78 Å². The van der Waals surface area contributed by atoms with Crippen LogP contribution in [0.15, 0.2) is 66.9 Å². The first-order chi connectivity index (χ1) is 11.6. The summed E-state index contributed by atoms with van der Waals surface area (Å²) in [6.07, 6.45) is 1.73. The van der Waals surface area contributed by atoms with Gasteiger partial charge in [0.2, 0.25) is 0 Å². The van der Waals surface area contributed by atoms with Crippen molar-refractivity contribution < 1.29 is 9.18 Å². The van der Waals surface area contributed by atoms with Gasteiger partial charge in [0.1, 0.15) is 5.82 Å². The van der Waals surface area contributed by atoms with Crippen molar-refractivity contribution in [3.05, 3.63) is 89.4 Å². The lowest BCUT2D eigenvalue weighted by Gasteiger charge is -2.10. The predicted molar refractivity (Wildman–Crippen MR) is 92.0 cm³/mol. The maximum Gasteiger partial charge on any atom is 0.251 e. The molecule has 1 heterocycles. The number of nitrogens with zero attached hydrogens (tertiary/aromatic N) is 1. The van der Waals surface area contributed by atoms with E-state index in [-0.39, 0.29) is 5.91 Å². The molecule has 0 fully saturated rings. The van der Waals surface area contributed by atoms with Gasteiger partial charge in [-0.2, -0.15) is 0 Å². The van der Waals surface area contributed by atoms with E-state index in [0.717, 1.165) is 22.4 Å². The van der Waals surface area contributed by atoms with Crippen LogP contribution < -0.4 is 5.32 Å². The number of nitrogens with one attached hydrogen (secondary N) is 1. The van der Waals surface area contributed by atoms with E-state index in [2.05, 4.69) is 16.4 Å². The molecule has 2 aromatic carbocycles. The molecule has 0 aliphatic carbocycles. The first-order valence-corrected chi connectivity index (χ1v) is 7.68. The molecule has 3 nitrogen and oxygen atoms in total. The van der Waals surface area contributed by atoms with Crippen LogP contribution >= 0.6 is 0 Å². The number of hydrogen-bond donors (Lipinski definition) is 1. The molecule has 1 aromatic heterocycles. The zero-order valence-electron chi connectivity index (χ0n) is 13.3. The normalized spacial score (nSPS) is 10.4. The maximum atomic E-state index is 13.2. The fourth-order valence-electron chi connectivity index (χ4n) is 2.54.